The zero-order valence-corrected chi connectivity index (χ0v) is 8.69. The van der Waals surface area contributed by atoms with Crippen LogP contribution in [0.2, 0.25) is 5.02 Å². The van der Waals surface area contributed by atoms with E-state index in [4.69, 9.17) is 11.6 Å². The van der Waals surface area contributed by atoms with Gasteiger partial charge in [-0.1, -0.05) is 23.7 Å². The summed E-state index contributed by atoms with van der Waals surface area (Å²) < 4.78 is 0. The Kier molecular flexibility index (Phi) is 3.49. The van der Waals surface area contributed by atoms with E-state index in [1.807, 2.05) is 26.0 Å². The Morgan fingerprint density at radius 1 is 1.31 bits per heavy atom. The van der Waals surface area contributed by atoms with Crippen LogP contribution in [0.5, 0.6) is 0 Å². The lowest BCUT2D eigenvalue weighted by Crippen LogP contribution is -1.90. The first kappa shape index (κ1) is 10.3. The Labute approximate surface area is 83.7 Å². The fourth-order valence-electron chi connectivity index (χ4n) is 1.41. The third kappa shape index (κ3) is 2.56. The lowest BCUT2D eigenvalue weighted by atomic mass is 10.0. The Morgan fingerprint density at radius 3 is 2.31 bits per heavy atom. The van der Waals surface area contributed by atoms with E-state index >= 15 is 0 Å². The summed E-state index contributed by atoms with van der Waals surface area (Å²) in [7, 11) is 0. The summed E-state index contributed by atoms with van der Waals surface area (Å²) in [6.07, 6.45) is 2.34. The first-order valence-corrected chi connectivity index (χ1v) is 4.72. The molecular formula is C11H13ClO. The number of halogens is 1. The van der Waals surface area contributed by atoms with Gasteiger partial charge in [-0.15, -0.1) is 0 Å². The van der Waals surface area contributed by atoms with Gasteiger partial charge in [-0.05, 0) is 37.0 Å². The van der Waals surface area contributed by atoms with Gasteiger partial charge in [-0.3, -0.25) is 0 Å². The minimum atomic E-state index is 0.584. The molecule has 1 nitrogen and oxygen atoms in total. The Hall–Kier alpha value is -0.820. The molecule has 0 aliphatic carbocycles. The molecule has 0 atom stereocenters. The standard InChI is InChI=1S/C11H13ClO/c1-8-6-10(4-3-5-13)7-9(2)11(8)12/h5-7H,3-4H2,1-2H3. The van der Waals surface area contributed by atoms with Gasteiger partial charge in [0, 0.05) is 11.4 Å². The van der Waals surface area contributed by atoms with Crippen LogP contribution in [0.4, 0.5) is 0 Å². The van der Waals surface area contributed by atoms with Gasteiger partial charge < -0.3 is 4.79 Å². The number of rotatable bonds is 3. The van der Waals surface area contributed by atoms with Crippen molar-refractivity contribution in [1.82, 2.24) is 0 Å². The number of hydrogen-bond acceptors (Lipinski definition) is 1. The van der Waals surface area contributed by atoms with Crippen molar-refractivity contribution in [2.45, 2.75) is 26.7 Å². The molecule has 0 amide bonds. The molecule has 1 aromatic carbocycles. The van der Waals surface area contributed by atoms with Crippen LogP contribution in [-0.2, 0) is 11.2 Å². The summed E-state index contributed by atoms with van der Waals surface area (Å²) in [5.74, 6) is 0. The van der Waals surface area contributed by atoms with E-state index in [0.717, 1.165) is 28.9 Å². The van der Waals surface area contributed by atoms with Crippen molar-refractivity contribution in [3.05, 3.63) is 33.8 Å². The minimum Gasteiger partial charge on any atom is -0.303 e. The van der Waals surface area contributed by atoms with E-state index in [1.165, 1.54) is 5.56 Å². The molecule has 0 spiro atoms. The number of aldehydes is 1. The second-order valence-electron chi connectivity index (χ2n) is 3.25. The molecule has 0 saturated carbocycles. The Balaban J connectivity index is 2.92. The lowest BCUT2D eigenvalue weighted by molar-refractivity contribution is -0.107. The zero-order chi connectivity index (χ0) is 9.84. The molecule has 0 aliphatic heterocycles. The molecule has 1 rings (SSSR count). The molecular weight excluding hydrogens is 184 g/mol. The van der Waals surface area contributed by atoms with Crippen molar-refractivity contribution in [1.29, 1.82) is 0 Å². The van der Waals surface area contributed by atoms with Crippen molar-refractivity contribution >= 4 is 17.9 Å². The maximum Gasteiger partial charge on any atom is 0.120 e. The predicted molar refractivity (Wildman–Crippen MR) is 55.3 cm³/mol. The average Bonchev–Trinajstić information content (AvgIpc) is 2.10. The highest BCUT2D eigenvalue weighted by molar-refractivity contribution is 6.32. The topological polar surface area (TPSA) is 17.1 Å². The summed E-state index contributed by atoms with van der Waals surface area (Å²) >= 11 is 6.01. The highest BCUT2D eigenvalue weighted by atomic mass is 35.5. The molecule has 70 valence electrons. The summed E-state index contributed by atoms with van der Waals surface area (Å²) in [4.78, 5) is 10.2. The maximum absolute atomic E-state index is 10.2. The highest BCUT2D eigenvalue weighted by Gasteiger charge is 2.01. The number of hydrogen-bond donors (Lipinski definition) is 0. The zero-order valence-electron chi connectivity index (χ0n) is 7.93. The van der Waals surface area contributed by atoms with Gasteiger partial charge >= 0.3 is 0 Å². The second-order valence-corrected chi connectivity index (χ2v) is 3.63. The lowest BCUT2D eigenvalue weighted by Gasteiger charge is -2.05. The van der Waals surface area contributed by atoms with Crippen molar-refractivity contribution in [2.24, 2.45) is 0 Å². The number of aryl methyl sites for hydroxylation is 3. The molecule has 0 N–H and O–H groups in total. The van der Waals surface area contributed by atoms with E-state index in [0.29, 0.717) is 6.42 Å². The van der Waals surface area contributed by atoms with Gasteiger partial charge in [0.15, 0.2) is 0 Å². The quantitative estimate of drug-likeness (QED) is 0.679. The van der Waals surface area contributed by atoms with Crippen LogP contribution in [0.3, 0.4) is 0 Å². The molecule has 0 heterocycles. The molecule has 0 aliphatic rings. The first-order valence-electron chi connectivity index (χ1n) is 4.34. The minimum absolute atomic E-state index is 0.584. The summed E-state index contributed by atoms with van der Waals surface area (Å²) in [6, 6.07) is 4.08. The van der Waals surface area contributed by atoms with Gasteiger partial charge in [0.25, 0.3) is 0 Å². The van der Waals surface area contributed by atoms with Crippen LogP contribution in [0.15, 0.2) is 12.1 Å². The third-order valence-electron chi connectivity index (χ3n) is 2.05. The molecule has 0 aromatic heterocycles. The van der Waals surface area contributed by atoms with Crippen LogP contribution in [0.25, 0.3) is 0 Å². The van der Waals surface area contributed by atoms with Crippen molar-refractivity contribution in [2.75, 3.05) is 0 Å². The Bertz CT molecular complexity index is 295. The van der Waals surface area contributed by atoms with E-state index in [-0.39, 0.29) is 0 Å². The normalized spacial score (nSPS) is 10.1. The van der Waals surface area contributed by atoms with Gasteiger partial charge in [-0.2, -0.15) is 0 Å². The molecule has 1 aromatic rings. The van der Waals surface area contributed by atoms with E-state index < -0.39 is 0 Å². The van der Waals surface area contributed by atoms with E-state index in [9.17, 15) is 4.79 Å². The molecule has 0 unspecified atom stereocenters. The van der Waals surface area contributed by atoms with Gasteiger partial charge in [0.2, 0.25) is 0 Å². The smallest absolute Gasteiger partial charge is 0.120 e. The largest absolute Gasteiger partial charge is 0.303 e. The van der Waals surface area contributed by atoms with Crippen LogP contribution in [0, 0.1) is 13.8 Å². The predicted octanol–water partition coefficient (Wildman–Crippen LogP) is 3.09. The SMILES string of the molecule is Cc1cc(CCC=O)cc(C)c1Cl. The third-order valence-corrected chi connectivity index (χ3v) is 2.64. The van der Waals surface area contributed by atoms with Gasteiger partial charge in [-0.25, -0.2) is 0 Å². The average molecular weight is 197 g/mol. The van der Waals surface area contributed by atoms with Crippen LogP contribution >= 0.6 is 11.6 Å². The van der Waals surface area contributed by atoms with E-state index in [1.54, 1.807) is 0 Å². The van der Waals surface area contributed by atoms with Crippen molar-refractivity contribution in [3.63, 3.8) is 0 Å². The molecule has 2 heteroatoms. The second kappa shape index (κ2) is 4.43. The van der Waals surface area contributed by atoms with Crippen molar-refractivity contribution in [3.8, 4) is 0 Å². The van der Waals surface area contributed by atoms with Crippen LogP contribution < -0.4 is 0 Å². The van der Waals surface area contributed by atoms with Gasteiger partial charge in [0.1, 0.15) is 6.29 Å². The first-order chi connectivity index (χ1) is 6.15. The molecule has 13 heavy (non-hydrogen) atoms. The van der Waals surface area contributed by atoms with E-state index in [2.05, 4.69) is 0 Å². The Morgan fingerprint density at radius 2 is 1.85 bits per heavy atom. The summed E-state index contributed by atoms with van der Waals surface area (Å²) in [5.41, 5.74) is 3.36. The van der Waals surface area contributed by atoms with Crippen LogP contribution in [0.1, 0.15) is 23.1 Å². The van der Waals surface area contributed by atoms with Crippen molar-refractivity contribution < 1.29 is 4.79 Å². The summed E-state index contributed by atoms with van der Waals surface area (Å²) in [6.45, 7) is 3.97. The molecule has 0 radical (unpaired) electrons. The van der Waals surface area contributed by atoms with Gasteiger partial charge in [0.05, 0.1) is 0 Å². The fourth-order valence-corrected chi connectivity index (χ4v) is 1.51. The summed E-state index contributed by atoms with van der Waals surface area (Å²) in [5, 5.41) is 0.829. The molecule has 0 bridgehead atoms. The maximum atomic E-state index is 10.2. The van der Waals surface area contributed by atoms with Crippen LogP contribution in [-0.4, -0.2) is 6.29 Å². The molecule has 0 fully saturated rings. The fraction of sp³-hybridized carbons (Fsp3) is 0.364. The molecule has 0 saturated heterocycles. The number of benzene rings is 1. The number of carbonyl (C=O) groups is 1. The highest BCUT2D eigenvalue weighted by Crippen LogP contribution is 2.22. The monoisotopic (exact) mass is 196 g/mol. The number of carbonyl (C=O) groups excluding carboxylic acids is 1.